The van der Waals surface area contributed by atoms with Gasteiger partial charge in [0.15, 0.2) is 0 Å². The van der Waals surface area contributed by atoms with Crippen LogP contribution in [0.3, 0.4) is 0 Å². The van der Waals surface area contributed by atoms with Gasteiger partial charge in [-0.3, -0.25) is 4.98 Å². The van der Waals surface area contributed by atoms with Crippen molar-refractivity contribution in [3.05, 3.63) is 30.1 Å². The molecule has 1 radical (unpaired) electrons. The van der Waals surface area contributed by atoms with Crippen molar-refractivity contribution in [3.63, 3.8) is 0 Å². The lowest BCUT2D eigenvalue weighted by molar-refractivity contribution is -0.143. The summed E-state index contributed by atoms with van der Waals surface area (Å²) in [6.07, 6.45) is 2.13. The van der Waals surface area contributed by atoms with Crippen molar-refractivity contribution in [2.75, 3.05) is 0 Å². The molecule has 0 spiro atoms. The first-order valence-corrected chi connectivity index (χ1v) is 3.39. The summed E-state index contributed by atoms with van der Waals surface area (Å²) in [7, 11) is 0. The molecule has 0 aliphatic rings. The summed E-state index contributed by atoms with van der Waals surface area (Å²) < 4.78 is 0. The molecule has 0 bridgehead atoms. The molecule has 0 N–H and O–H groups in total. The minimum atomic E-state index is -1.03. The first kappa shape index (κ1) is 7.72. The second-order valence-electron chi connectivity index (χ2n) is 2.19. The minimum Gasteiger partial charge on any atom is -0.261 e. The third-order valence-corrected chi connectivity index (χ3v) is 1.31. The van der Waals surface area contributed by atoms with Crippen LogP contribution in [0.2, 0.25) is 0 Å². The van der Waals surface area contributed by atoms with Crippen LogP contribution >= 0.6 is 0 Å². The van der Waals surface area contributed by atoms with Crippen molar-refractivity contribution < 1.29 is 9.90 Å². The molecule has 57 valence electrons. The monoisotopic (exact) mass is 150 g/mol. The zero-order valence-electron chi connectivity index (χ0n) is 5.99. The van der Waals surface area contributed by atoms with E-state index in [1.165, 1.54) is 0 Å². The van der Waals surface area contributed by atoms with Gasteiger partial charge in [0.25, 0.3) is 0 Å². The third-order valence-electron chi connectivity index (χ3n) is 1.31. The summed E-state index contributed by atoms with van der Waals surface area (Å²) in [5.41, 5.74) is 0.789. The fraction of sp³-hybridized carbons (Fsp3) is 0.250. The van der Waals surface area contributed by atoms with E-state index in [-0.39, 0.29) is 6.42 Å². The molecule has 3 nitrogen and oxygen atoms in total. The fourth-order valence-electron chi connectivity index (χ4n) is 0.776. The Hall–Kier alpha value is -1.38. The van der Waals surface area contributed by atoms with Gasteiger partial charge in [0.05, 0.1) is 6.42 Å². The molecule has 0 aliphatic carbocycles. The first-order valence-electron chi connectivity index (χ1n) is 3.39. The largest absolute Gasteiger partial charge is 0.355 e. The Bertz CT molecular complexity index is 233. The summed E-state index contributed by atoms with van der Waals surface area (Å²) in [4.78, 5) is 14.0. The van der Waals surface area contributed by atoms with Gasteiger partial charge in [-0.05, 0) is 12.1 Å². The molecule has 0 saturated carbocycles. The molecule has 0 saturated heterocycles. The fourth-order valence-corrected chi connectivity index (χ4v) is 0.776. The number of pyridine rings is 1. The minimum absolute atomic E-state index is 0.0387. The Morgan fingerprint density at radius 3 is 2.82 bits per heavy atom. The van der Waals surface area contributed by atoms with Gasteiger partial charge in [-0.15, -0.1) is 0 Å². The zero-order valence-corrected chi connectivity index (χ0v) is 5.99. The van der Waals surface area contributed by atoms with Crippen LogP contribution in [-0.2, 0) is 16.3 Å². The summed E-state index contributed by atoms with van der Waals surface area (Å²) >= 11 is 0. The number of rotatable bonds is 3. The van der Waals surface area contributed by atoms with E-state index in [9.17, 15) is 9.90 Å². The maximum atomic E-state index is 10.0. The van der Waals surface area contributed by atoms with Gasteiger partial charge in [-0.1, -0.05) is 6.07 Å². The number of hydrogen-bond acceptors (Lipinski definition) is 2. The van der Waals surface area contributed by atoms with E-state index in [4.69, 9.17) is 0 Å². The van der Waals surface area contributed by atoms with Crippen LogP contribution in [0.1, 0.15) is 12.1 Å². The van der Waals surface area contributed by atoms with E-state index in [1.54, 1.807) is 18.3 Å². The molecular weight excluding hydrogens is 142 g/mol. The number of carbonyl (C=O) groups is 1. The predicted octanol–water partition coefficient (Wildman–Crippen LogP) is 0.971. The highest BCUT2D eigenvalue weighted by molar-refractivity contribution is 5.66. The van der Waals surface area contributed by atoms with Gasteiger partial charge < -0.3 is 0 Å². The summed E-state index contributed by atoms with van der Waals surface area (Å²) in [5, 5.41) is 10.0. The number of hydrogen-bond donors (Lipinski definition) is 0. The molecule has 0 unspecified atom stereocenters. The quantitative estimate of drug-likeness (QED) is 0.644. The molecule has 0 aromatic carbocycles. The average Bonchev–Trinajstić information content (AvgIpc) is 2.03. The SMILES string of the molecule is [O]C(=O)CCc1ccccn1. The number of aromatic nitrogens is 1. The van der Waals surface area contributed by atoms with E-state index < -0.39 is 5.97 Å². The van der Waals surface area contributed by atoms with Crippen LogP contribution in [-0.4, -0.2) is 11.0 Å². The second-order valence-corrected chi connectivity index (χ2v) is 2.19. The highest BCUT2D eigenvalue weighted by Gasteiger charge is 2.00. The number of carbonyl (C=O) groups excluding carboxylic acids is 1. The van der Waals surface area contributed by atoms with Crippen LogP contribution in [0.4, 0.5) is 0 Å². The van der Waals surface area contributed by atoms with Crippen LogP contribution in [0, 0.1) is 0 Å². The van der Waals surface area contributed by atoms with Gasteiger partial charge in [-0.2, -0.15) is 0 Å². The molecule has 0 amide bonds. The van der Waals surface area contributed by atoms with Gasteiger partial charge >= 0.3 is 5.97 Å². The topological polar surface area (TPSA) is 49.9 Å². The van der Waals surface area contributed by atoms with Crippen molar-refractivity contribution in [2.45, 2.75) is 12.8 Å². The van der Waals surface area contributed by atoms with Crippen LogP contribution in [0.25, 0.3) is 0 Å². The maximum absolute atomic E-state index is 10.0. The van der Waals surface area contributed by atoms with Gasteiger partial charge in [-0.25, -0.2) is 9.90 Å². The lowest BCUT2D eigenvalue weighted by Crippen LogP contribution is -1.96. The van der Waals surface area contributed by atoms with Crippen molar-refractivity contribution in [1.82, 2.24) is 4.98 Å². The standard InChI is InChI=1S/C8H8NO2/c10-8(11)5-4-7-3-1-2-6-9-7/h1-3,6H,4-5H2. The summed E-state index contributed by atoms with van der Waals surface area (Å²) in [6, 6.07) is 5.42. The van der Waals surface area contributed by atoms with Crippen molar-refractivity contribution in [3.8, 4) is 0 Å². The molecule has 0 aliphatic heterocycles. The molecular formula is C8H8NO2. The van der Waals surface area contributed by atoms with Crippen molar-refractivity contribution in [1.29, 1.82) is 0 Å². The zero-order chi connectivity index (χ0) is 8.10. The predicted molar refractivity (Wildman–Crippen MR) is 38.3 cm³/mol. The Morgan fingerprint density at radius 2 is 2.27 bits per heavy atom. The Balaban J connectivity index is 2.45. The van der Waals surface area contributed by atoms with E-state index in [2.05, 4.69) is 4.98 Å². The molecule has 0 fully saturated rings. The number of nitrogens with zero attached hydrogens (tertiary/aromatic N) is 1. The molecule has 1 rings (SSSR count). The molecule has 0 atom stereocenters. The summed E-state index contributed by atoms with van der Waals surface area (Å²) in [5.74, 6) is -1.03. The lowest BCUT2D eigenvalue weighted by Gasteiger charge is -1.93. The molecule has 3 heteroatoms. The molecule has 11 heavy (non-hydrogen) atoms. The lowest BCUT2D eigenvalue weighted by atomic mass is 10.2. The van der Waals surface area contributed by atoms with Crippen LogP contribution in [0.5, 0.6) is 0 Å². The highest BCUT2D eigenvalue weighted by atomic mass is 16.4. The van der Waals surface area contributed by atoms with Crippen LogP contribution < -0.4 is 0 Å². The van der Waals surface area contributed by atoms with Crippen molar-refractivity contribution >= 4 is 5.97 Å². The molecule has 1 aromatic rings. The second kappa shape index (κ2) is 3.71. The van der Waals surface area contributed by atoms with E-state index in [0.717, 1.165) is 5.69 Å². The van der Waals surface area contributed by atoms with Gasteiger partial charge in [0, 0.05) is 18.3 Å². The van der Waals surface area contributed by atoms with E-state index >= 15 is 0 Å². The maximum Gasteiger partial charge on any atom is 0.355 e. The smallest absolute Gasteiger partial charge is 0.261 e. The first-order chi connectivity index (χ1) is 5.29. The van der Waals surface area contributed by atoms with Crippen molar-refractivity contribution in [2.24, 2.45) is 0 Å². The van der Waals surface area contributed by atoms with E-state index in [0.29, 0.717) is 6.42 Å². The molecule has 1 heterocycles. The average molecular weight is 150 g/mol. The van der Waals surface area contributed by atoms with E-state index in [1.807, 2.05) is 6.07 Å². The van der Waals surface area contributed by atoms with Crippen LogP contribution in [0.15, 0.2) is 24.4 Å². The summed E-state index contributed by atoms with van der Waals surface area (Å²) in [6.45, 7) is 0. The highest BCUT2D eigenvalue weighted by Crippen LogP contribution is 1.97. The Kier molecular flexibility index (Phi) is 2.60. The Labute approximate surface area is 64.7 Å². The van der Waals surface area contributed by atoms with Gasteiger partial charge in [0.1, 0.15) is 0 Å². The Morgan fingerprint density at radius 1 is 1.45 bits per heavy atom. The molecule has 1 aromatic heterocycles. The van der Waals surface area contributed by atoms with Gasteiger partial charge in [0.2, 0.25) is 0 Å². The third kappa shape index (κ3) is 2.80. The normalized spacial score (nSPS) is 9.45. The number of aryl methyl sites for hydroxylation is 1.